The third-order valence-corrected chi connectivity index (χ3v) is 8.20. The first kappa shape index (κ1) is 24.2. The highest BCUT2D eigenvalue weighted by Gasteiger charge is 2.45. The molecule has 1 aromatic rings. The van der Waals surface area contributed by atoms with E-state index in [0.29, 0.717) is 25.6 Å². The molecule has 0 bridgehead atoms. The van der Waals surface area contributed by atoms with Crippen molar-refractivity contribution in [2.24, 2.45) is 11.7 Å². The third-order valence-electron chi connectivity index (χ3n) is 8.20. The van der Waals surface area contributed by atoms with Gasteiger partial charge in [0.2, 0.25) is 11.8 Å². The Morgan fingerprint density at radius 1 is 1.00 bits per heavy atom. The predicted molar refractivity (Wildman–Crippen MR) is 131 cm³/mol. The van der Waals surface area contributed by atoms with Crippen molar-refractivity contribution >= 4 is 17.5 Å². The second-order valence-corrected chi connectivity index (χ2v) is 10.9. The van der Waals surface area contributed by atoms with E-state index in [1.54, 1.807) is 12.1 Å². The molecule has 3 saturated carbocycles. The molecular formula is C26H37N5O4. The van der Waals surface area contributed by atoms with Crippen LogP contribution in [0.3, 0.4) is 0 Å². The average molecular weight is 484 g/mol. The number of nitrogens with two attached hydrogens (primary N) is 1. The molecule has 2 amide bonds. The Labute approximate surface area is 206 Å². The summed E-state index contributed by atoms with van der Waals surface area (Å²) in [4.78, 5) is 41.5. The summed E-state index contributed by atoms with van der Waals surface area (Å²) in [5, 5.41) is 14.3. The normalized spacial score (nSPS) is 29.1. The number of piperidine rings is 1. The van der Waals surface area contributed by atoms with Gasteiger partial charge < -0.3 is 16.0 Å². The zero-order valence-corrected chi connectivity index (χ0v) is 20.3. The Bertz CT molecular complexity index is 938. The van der Waals surface area contributed by atoms with Crippen molar-refractivity contribution in [1.29, 1.82) is 0 Å². The maximum atomic E-state index is 13.5. The monoisotopic (exact) mass is 483 g/mol. The minimum absolute atomic E-state index is 0.0183. The minimum Gasteiger partial charge on any atom is -0.352 e. The van der Waals surface area contributed by atoms with E-state index >= 15 is 0 Å². The van der Waals surface area contributed by atoms with Crippen LogP contribution in [0.2, 0.25) is 0 Å². The lowest BCUT2D eigenvalue weighted by Crippen LogP contribution is -2.59. The molecule has 4 aliphatic rings. The standard InChI is InChI=1S/C26H37N5O4/c27-19-5-7-20(8-6-19)28-25(32)24-15-23(13-14-29(24)26(33)18-3-4-18)30(21-11-12-21)16-17-1-9-22(10-2-17)31(34)35/h1-2,9-10,18-21,23-24H,3-8,11-16,27H2,(H,28,32)/t19?,20?,23?,24-/m1/s1. The lowest BCUT2D eigenvalue weighted by Gasteiger charge is -2.43. The van der Waals surface area contributed by atoms with Crippen LogP contribution in [-0.4, -0.2) is 63.3 Å². The second-order valence-electron chi connectivity index (χ2n) is 10.9. The van der Waals surface area contributed by atoms with Crippen molar-refractivity contribution < 1.29 is 14.5 Å². The van der Waals surface area contributed by atoms with Gasteiger partial charge in [-0.15, -0.1) is 0 Å². The summed E-state index contributed by atoms with van der Waals surface area (Å²) in [6.45, 7) is 1.32. The number of rotatable bonds is 8. The summed E-state index contributed by atoms with van der Waals surface area (Å²) < 4.78 is 0. The first-order valence-electron chi connectivity index (χ1n) is 13.2. The number of hydrogen-bond donors (Lipinski definition) is 2. The molecule has 2 atom stereocenters. The number of hydrogen-bond acceptors (Lipinski definition) is 6. The van der Waals surface area contributed by atoms with Gasteiger partial charge in [0, 0.05) is 55.3 Å². The Morgan fingerprint density at radius 2 is 1.69 bits per heavy atom. The van der Waals surface area contributed by atoms with E-state index in [4.69, 9.17) is 5.73 Å². The SMILES string of the molecule is NC1CCC(NC(=O)[C@H]2CC(N(Cc3ccc([N+](=O)[O-])cc3)C3CC3)CCN2C(=O)C2CC2)CC1. The summed E-state index contributed by atoms with van der Waals surface area (Å²) >= 11 is 0. The molecule has 1 saturated heterocycles. The van der Waals surface area contributed by atoms with Crippen LogP contribution in [0.5, 0.6) is 0 Å². The van der Waals surface area contributed by atoms with Crippen LogP contribution in [0.15, 0.2) is 24.3 Å². The number of nitrogens with zero attached hydrogens (tertiary/aromatic N) is 3. The van der Waals surface area contributed by atoms with Crippen molar-refractivity contribution in [3.63, 3.8) is 0 Å². The highest BCUT2D eigenvalue weighted by Crippen LogP contribution is 2.37. The zero-order valence-electron chi connectivity index (χ0n) is 20.3. The van der Waals surface area contributed by atoms with E-state index in [1.165, 1.54) is 0 Å². The van der Waals surface area contributed by atoms with Gasteiger partial charge in [0.15, 0.2) is 0 Å². The van der Waals surface area contributed by atoms with Crippen LogP contribution in [0.25, 0.3) is 0 Å². The van der Waals surface area contributed by atoms with E-state index < -0.39 is 6.04 Å². The number of carbonyl (C=O) groups is 2. The van der Waals surface area contributed by atoms with Crippen molar-refractivity contribution in [2.45, 2.75) is 101 Å². The van der Waals surface area contributed by atoms with Crippen molar-refractivity contribution in [1.82, 2.24) is 15.1 Å². The topological polar surface area (TPSA) is 122 Å². The maximum Gasteiger partial charge on any atom is 0.269 e. The van der Waals surface area contributed by atoms with E-state index in [2.05, 4.69) is 10.2 Å². The molecule has 3 N–H and O–H groups in total. The zero-order chi connectivity index (χ0) is 24.5. The van der Waals surface area contributed by atoms with Crippen LogP contribution in [0.4, 0.5) is 5.69 Å². The molecule has 9 heteroatoms. The van der Waals surface area contributed by atoms with Crippen LogP contribution in [0.1, 0.15) is 69.8 Å². The summed E-state index contributed by atoms with van der Waals surface area (Å²) in [5.74, 6) is 0.215. The fraction of sp³-hybridized carbons (Fsp3) is 0.692. The molecule has 1 aliphatic heterocycles. The molecule has 9 nitrogen and oxygen atoms in total. The first-order chi connectivity index (χ1) is 16.9. The van der Waals surface area contributed by atoms with Crippen molar-refractivity contribution in [2.75, 3.05) is 6.54 Å². The van der Waals surface area contributed by atoms with Gasteiger partial charge in [-0.05, 0) is 69.8 Å². The van der Waals surface area contributed by atoms with E-state index in [0.717, 1.165) is 63.4 Å². The van der Waals surface area contributed by atoms with Gasteiger partial charge in [-0.25, -0.2) is 0 Å². The third kappa shape index (κ3) is 5.83. The lowest BCUT2D eigenvalue weighted by atomic mass is 9.90. The molecule has 190 valence electrons. The van der Waals surface area contributed by atoms with Crippen LogP contribution in [-0.2, 0) is 16.1 Å². The molecule has 0 aromatic heterocycles. The minimum atomic E-state index is -0.435. The predicted octanol–water partition coefficient (Wildman–Crippen LogP) is 2.71. The molecule has 35 heavy (non-hydrogen) atoms. The average Bonchev–Trinajstić information content (AvgIpc) is 3.77. The number of carbonyl (C=O) groups excluding carboxylic acids is 2. The van der Waals surface area contributed by atoms with Gasteiger partial charge in [0.05, 0.1) is 4.92 Å². The van der Waals surface area contributed by atoms with Crippen LogP contribution >= 0.6 is 0 Å². The Hall–Kier alpha value is -2.52. The Balaban J connectivity index is 1.29. The maximum absolute atomic E-state index is 13.5. The fourth-order valence-corrected chi connectivity index (χ4v) is 5.78. The van der Waals surface area contributed by atoms with Gasteiger partial charge in [-0.1, -0.05) is 12.1 Å². The number of amides is 2. The van der Waals surface area contributed by atoms with Crippen LogP contribution in [0, 0.1) is 16.0 Å². The molecule has 4 fully saturated rings. The quantitative estimate of drug-likeness (QED) is 0.433. The summed E-state index contributed by atoms with van der Waals surface area (Å²) in [7, 11) is 0. The highest BCUT2D eigenvalue weighted by molar-refractivity contribution is 5.89. The number of nitro benzene ring substituents is 1. The van der Waals surface area contributed by atoms with Gasteiger partial charge in [0.1, 0.15) is 6.04 Å². The van der Waals surface area contributed by atoms with E-state index in [9.17, 15) is 19.7 Å². The Morgan fingerprint density at radius 3 is 2.29 bits per heavy atom. The number of benzene rings is 1. The summed E-state index contributed by atoms with van der Waals surface area (Å²) in [6, 6.07) is 7.39. The molecule has 0 radical (unpaired) electrons. The smallest absolute Gasteiger partial charge is 0.269 e. The molecule has 1 unspecified atom stereocenters. The van der Waals surface area contributed by atoms with Crippen molar-refractivity contribution in [3.8, 4) is 0 Å². The molecule has 1 heterocycles. The van der Waals surface area contributed by atoms with E-state index in [1.807, 2.05) is 17.0 Å². The highest BCUT2D eigenvalue weighted by atomic mass is 16.6. The van der Waals surface area contributed by atoms with Crippen LogP contribution < -0.4 is 11.1 Å². The summed E-state index contributed by atoms with van der Waals surface area (Å²) in [6.07, 6.45) is 9.26. The van der Waals surface area contributed by atoms with Crippen molar-refractivity contribution in [3.05, 3.63) is 39.9 Å². The summed E-state index contributed by atoms with van der Waals surface area (Å²) in [5.41, 5.74) is 7.18. The number of nitro groups is 1. The fourth-order valence-electron chi connectivity index (χ4n) is 5.78. The number of non-ortho nitro benzene ring substituents is 1. The van der Waals surface area contributed by atoms with Gasteiger partial charge in [-0.3, -0.25) is 24.6 Å². The number of nitrogens with one attached hydrogen (secondary N) is 1. The van der Waals surface area contributed by atoms with E-state index in [-0.39, 0.29) is 46.5 Å². The first-order valence-corrected chi connectivity index (χ1v) is 13.2. The molecular weight excluding hydrogens is 446 g/mol. The van der Waals surface area contributed by atoms with Gasteiger partial charge in [0.25, 0.3) is 5.69 Å². The Kier molecular flexibility index (Phi) is 7.07. The largest absolute Gasteiger partial charge is 0.352 e. The lowest BCUT2D eigenvalue weighted by molar-refractivity contribution is -0.384. The molecule has 3 aliphatic carbocycles. The second kappa shape index (κ2) is 10.2. The van der Waals surface area contributed by atoms with Gasteiger partial charge in [-0.2, -0.15) is 0 Å². The molecule has 5 rings (SSSR count). The van der Waals surface area contributed by atoms with Gasteiger partial charge >= 0.3 is 0 Å². The molecule has 1 aromatic carbocycles. The number of likely N-dealkylation sites (tertiary alicyclic amines) is 1. The molecule has 0 spiro atoms.